The number of aliphatic hydroxyl groups excluding tert-OH is 4. The number of ether oxygens (including phenoxy) is 1. The van der Waals surface area contributed by atoms with Crippen molar-refractivity contribution in [2.45, 2.75) is 30.6 Å². The third-order valence-electron chi connectivity index (χ3n) is 3.38. The van der Waals surface area contributed by atoms with Gasteiger partial charge in [-0.2, -0.15) is 4.68 Å². The smallest absolute Gasteiger partial charge is 0.280 e. The minimum Gasteiger partial charge on any atom is -0.394 e. The average Bonchev–Trinajstić information content (AvgIpc) is 2.91. The van der Waals surface area contributed by atoms with Crippen LogP contribution in [0.5, 0.6) is 0 Å². The number of hydrogen-bond acceptors (Lipinski definition) is 9. The largest absolute Gasteiger partial charge is 0.394 e. The lowest BCUT2D eigenvalue weighted by Gasteiger charge is -2.39. The van der Waals surface area contributed by atoms with E-state index >= 15 is 0 Å². The van der Waals surface area contributed by atoms with E-state index in [2.05, 4.69) is 20.3 Å². The average molecular weight is 299 g/mol. The van der Waals surface area contributed by atoms with Crippen LogP contribution < -0.4 is 5.56 Å². The lowest BCUT2D eigenvalue weighted by atomic mass is 9.98. The van der Waals surface area contributed by atoms with Gasteiger partial charge >= 0.3 is 0 Å². The monoisotopic (exact) mass is 299 g/mol. The zero-order chi connectivity index (χ0) is 15.1. The molecule has 114 valence electrons. The Balaban J connectivity index is 2.05. The minimum absolute atomic E-state index is 0.0445. The Morgan fingerprint density at radius 3 is 2.76 bits per heavy atom. The van der Waals surface area contributed by atoms with Gasteiger partial charge in [0.25, 0.3) is 5.56 Å². The van der Waals surface area contributed by atoms with E-state index in [0.29, 0.717) is 0 Å². The molecule has 11 heteroatoms. The third kappa shape index (κ3) is 2.11. The molecule has 0 bridgehead atoms. The number of aromatic amines is 1. The van der Waals surface area contributed by atoms with Crippen molar-refractivity contribution in [2.24, 2.45) is 0 Å². The lowest BCUT2D eigenvalue weighted by molar-refractivity contribution is -0.253. The van der Waals surface area contributed by atoms with Gasteiger partial charge < -0.3 is 30.1 Å². The van der Waals surface area contributed by atoms with Crippen molar-refractivity contribution < 1.29 is 25.2 Å². The summed E-state index contributed by atoms with van der Waals surface area (Å²) in [7, 11) is 0. The number of nitrogens with one attached hydrogen (secondary N) is 1. The van der Waals surface area contributed by atoms with Crippen LogP contribution in [0.2, 0.25) is 0 Å². The second-order valence-corrected chi connectivity index (χ2v) is 4.66. The van der Waals surface area contributed by atoms with Gasteiger partial charge in [0.1, 0.15) is 24.4 Å². The van der Waals surface area contributed by atoms with Gasteiger partial charge in [0.15, 0.2) is 17.4 Å². The summed E-state index contributed by atoms with van der Waals surface area (Å²) in [6.45, 7) is -0.567. The van der Waals surface area contributed by atoms with Crippen molar-refractivity contribution in [1.82, 2.24) is 25.0 Å². The standard InChI is InChI=1S/C10H13N5O6/c16-1-3-5(17)6(18)7(19)10(21-3)15-8-4(13-14-15)9(20)12-2-11-8/h2-3,5-7,10,16-19H,1H2,(H,11,12,20). The molecule has 0 aromatic carbocycles. The zero-order valence-electron chi connectivity index (χ0n) is 10.6. The van der Waals surface area contributed by atoms with Crippen LogP contribution >= 0.6 is 0 Å². The van der Waals surface area contributed by atoms with Crippen molar-refractivity contribution in [2.75, 3.05) is 6.61 Å². The Morgan fingerprint density at radius 2 is 2.05 bits per heavy atom. The maximum absolute atomic E-state index is 11.5. The van der Waals surface area contributed by atoms with Crippen LogP contribution in [0.15, 0.2) is 11.1 Å². The van der Waals surface area contributed by atoms with Gasteiger partial charge in [-0.05, 0) is 0 Å². The van der Waals surface area contributed by atoms with Crippen molar-refractivity contribution in [3.63, 3.8) is 0 Å². The molecule has 3 rings (SSSR count). The number of H-pyrrole nitrogens is 1. The van der Waals surface area contributed by atoms with E-state index < -0.39 is 42.8 Å². The molecular weight excluding hydrogens is 286 g/mol. The third-order valence-corrected chi connectivity index (χ3v) is 3.38. The summed E-state index contributed by atoms with van der Waals surface area (Å²) in [6.07, 6.45) is -5.77. The molecule has 0 aliphatic carbocycles. The van der Waals surface area contributed by atoms with Crippen molar-refractivity contribution in [3.05, 3.63) is 16.7 Å². The SMILES string of the molecule is O=c1[nH]cnc2c1nnn2C1OC(CO)C(O)C(O)C1O. The van der Waals surface area contributed by atoms with Crippen molar-refractivity contribution in [1.29, 1.82) is 0 Å². The Hall–Kier alpha value is -1.92. The van der Waals surface area contributed by atoms with E-state index in [0.717, 1.165) is 11.0 Å². The molecule has 0 spiro atoms. The molecule has 1 aliphatic rings. The highest BCUT2D eigenvalue weighted by Gasteiger charge is 2.45. The molecule has 21 heavy (non-hydrogen) atoms. The number of aromatic nitrogens is 5. The van der Waals surface area contributed by atoms with E-state index in [9.17, 15) is 20.1 Å². The molecule has 2 aromatic heterocycles. The van der Waals surface area contributed by atoms with Crippen LogP contribution in [0.1, 0.15) is 6.23 Å². The van der Waals surface area contributed by atoms with Gasteiger partial charge in [-0.3, -0.25) is 4.79 Å². The van der Waals surface area contributed by atoms with Gasteiger partial charge in [0.05, 0.1) is 12.9 Å². The first-order valence-corrected chi connectivity index (χ1v) is 6.13. The fourth-order valence-electron chi connectivity index (χ4n) is 2.23. The molecule has 5 atom stereocenters. The van der Waals surface area contributed by atoms with E-state index in [4.69, 9.17) is 9.84 Å². The van der Waals surface area contributed by atoms with Crippen LogP contribution in [0, 0.1) is 0 Å². The van der Waals surface area contributed by atoms with Crippen molar-refractivity contribution >= 4 is 11.2 Å². The molecule has 11 nitrogen and oxygen atoms in total. The number of nitrogens with zero attached hydrogens (tertiary/aromatic N) is 4. The molecule has 1 fully saturated rings. The van der Waals surface area contributed by atoms with Gasteiger partial charge in [-0.25, -0.2) is 4.98 Å². The predicted octanol–water partition coefficient (Wildman–Crippen LogP) is -3.51. The van der Waals surface area contributed by atoms with E-state index in [1.54, 1.807) is 0 Å². The van der Waals surface area contributed by atoms with Crippen LogP contribution in [0.3, 0.4) is 0 Å². The minimum atomic E-state index is -1.55. The highest BCUT2D eigenvalue weighted by molar-refractivity contribution is 5.67. The molecule has 5 N–H and O–H groups in total. The fourth-order valence-corrected chi connectivity index (χ4v) is 2.23. The summed E-state index contributed by atoms with van der Waals surface area (Å²) >= 11 is 0. The molecule has 0 amide bonds. The van der Waals surface area contributed by atoms with Crippen LogP contribution in [0.4, 0.5) is 0 Å². The first kappa shape index (κ1) is 14.0. The Kier molecular flexibility index (Phi) is 3.43. The predicted molar refractivity (Wildman–Crippen MR) is 65.0 cm³/mol. The summed E-state index contributed by atoms with van der Waals surface area (Å²) < 4.78 is 6.34. The lowest BCUT2D eigenvalue weighted by Crippen LogP contribution is -2.56. The van der Waals surface area contributed by atoms with Gasteiger partial charge in [0.2, 0.25) is 0 Å². The molecular formula is C10H13N5O6. The zero-order valence-corrected chi connectivity index (χ0v) is 10.6. The molecule has 5 unspecified atom stereocenters. The number of rotatable bonds is 2. The van der Waals surface area contributed by atoms with Gasteiger partial charge in [-0.1, -0.05) is 5.21 Å². The van der Waals surface area contributed by atoms with Crippen molar-refractivity contribution in [3.8, 4) is 0 Å². The molecule has 1 saturated heterocycles. The number of fused-ring (bicyclic) bond motifs is 1. The maximum atomic E-state index is 11.5. The highest BCUT2D eigenvalue weighted by atomic mass is 16.6. The molecule has 0 radical (unpaired) electrons. The van der Waals surface area contributed by atoms with Crippen LogP contribution in [-0.2, 0) is 4.74 Å². The second-order valence-electron chi connectivity index (χ2n) is 4.66. The summed E-state index contributed by atoms with van der Waals surface area (Å²) in [6, 6.07) is 0. The molecule has 0 saturated carbocycles. The Morgan fingerprint density at radius 1 is 1.29 bits per heavy atom. The summed E-state index contributed by atoms with van der Waals surface area (Å²) in [4.78, 5) is 17.8. The quantitative estimate of drug-likeness (QED) is 0.377. The van der Waals surface area contributed by atoms with Gasteiger partial charge in [-0.15, -0.1) is 5.10 Å². The summed E-state index contributed by atoms with van der Waals surface area (Å²) in [5.74, 6) is 0. The summed E-state index contributed by atoms with van der Waals surface area (Å²) in [5.41, 5.74) is -0.534. The molecule has 1 aliphatic heterocycles. The van der Waals surface area contributed by atoms with E-state index in [1.165, 1.54) is 0 Å². The first-order valence-electron chi connectivity index (χ1n) is 6.13. The molecule has 2 aromatic rings. The molecule has 3 heterocycles. The summed E-state index contributed by atoms with van der Waals surface area (Å²) in [5, 5.41) is 45.9. The van der Waals surface area contributed by atoms with E-state index in [1.807, 2.05) is 0 Å². The number of aliphatic hydroxyl groups is 4. The number of hydrogen-bond donors (Lipinski definition) is 5. The fraction of sp³-hybridized carbons (Fsp3) is 0.600. The van der Waals surface area contributed by atoms with Crippen LogP contribution in [-0.4, -0.2) is 76.4 Å². The van der Waals surface area contributed by atoms with Crippen LogP contribution in [0.25, 0.3) is 11.2 Å². The second kappa shape index (κ2) is 5.13. The first-order chi connectivity index (χ1) is 10.0. The van der Waals surface area contributed by atoms with E-state index in [-0.39, 0.29) is 11.2 Å². The normalized spacial score (nSPS) is 33.4. The highest BCUT2D eigenvalue weighted by Crippen LogP contribution is 2.28. The Labute approximate surface area is 116 Å². The Bertz CT molecular complexity index is 699. The van der Waals surface area contributed by atoms with Gasteiger partial charge in [0, 0.05) is 0 Å². The topological polar surface area (TPSA) is 167 Å². The maximum Gasteiger partial charge on any atom is 0.280 e.